The Hall–Kier alpha value is -1.66. The lowest BCUT2D eigenvalue weighted by Gasteiger charge is -2.13. The summed E-state index contributed by atoms with van der Waals surface area (Å²) in [5.41, 5.74) is 1.59. The third-order valence-corrected chi connectivity index (χ3v) is 4.49. The quantitative estimate of drug-likeness (QED) is 0.531. The Balaban J connectivity index is 2.23. The van der Waals surface area contributed by atoms with Gasteiger partial charge in [-0.1, -0.05) is 0 Å². The molecule has 0 atom stereocenters. The predicted molar refractivity (Wildman–Crippen MR) is 90.4 cm³/mol. The molecule has 2 aromatic heterocycles. The first kappa shape index (κ1) is 15.2. The van der Waals surface area contributed by atoms with Crippen LogP contribution in [0.3, 0.4) is 0 Å². The maximum Gasteiger partial charge on any atom is 0.151 e. The summed E-state index contributed by atoms with van der Waals surface area (Å²) in [6.45, 7) is 0. The van der Waals surface area contributed by atoms with Crippen molar-refractivity contribution in [1.29, 1.82) is 0 Å². The molecule has 3 rings (SSSR count). The summed E-state index contributed by atoms with van der Waals surface area (Å²) in [5, 5.41) is 0. The van der Waals surface area contributed by atoms with E-state index in [1.807, 2.05) is 24.3 Å². The van der Waals surface area contributed by atoms with Crippen molar-refractivity contribution >= 4 is 31.9 Å². The molecule has 114 valence electrons. The van der Waals surface area contributed by atoms with Gasteiger partial charge in [0.15, 0.2) is 11.5 Å². The summed E-state index contributed by atoms with van der Waals surface area (Å²) in [5.74, 6) is 2.69. The first-order valence-corrected chi connectivity index (χ1v) is 7.97. The van der Waals surface area contributed by atoms with Gasteiger partial charge in [0.05, 0.1) is 46.8 Å². The van der Waals surface area contributed by atoms with Crippen molar-refractivity contribution in [3.05, 3.63) is 45.7 Å². The van der Waals surface area contributed by atoms with Crippen LogP contribution in [-0.2, 0) is 0 Å². The molecule has 0 amide bonds. The third-order valence-electron chi connectivity index (χ3n) is 3.25. The normalized spacial score (nSPS) is 10.7. The molecule has 0 aliphatic heterocycles. The van der Waals surface area contributed by atoms with Crippen LogP contribution in [-0.4, -0.2) is 14.2 Å². The van der Waals surface area contributed by atoms with E-state index in [2.05, 4.69) is 31.9 Å². The molecule has 1 aromatic carbocycles. The molecule has 0 aliphatic carbocycles. The Bertz CT molecular complexity index is 736. The summed E-state index contributed by atoms with van der Waals surface area (Å²) < 4.78 is 23.8. The van der Waals surface area contributed by atoms with Gasteiger partial charge in [-0.15, -0.1) is 0 Å². The molecule has 0 unspecified atom stereocenters. The summed E-state index contributed by atoms with van der Waals surface area (Å²) in [4.78, 5) is 0. The van der Waals surface area contributed by atoms with Crippen LogP contribution >= 0.6 is 31.9 Å². The molecule has 0 saturated heterocycles. The molecule has 6 heteroatoms. The van der Waals surface area contributed by atoms with Crippen LogP contribution in [0.5, 0.6) is 11.5 Å². The largest absolute Gasteiger partial charge is 0.496 e. The average Bonchev–Trinajstić information content (AvgIpc) is 3.14. The zero-order valence-corrected chi connectivity index (χ0v) is 15.0. The zero-order valence-electron chi connectivity index (χ0n) is 11.9. The Morgan fingerprint density at radius 1 is 0.773 bits per heavy atom. The minimum atomic E-state index is 0.662. The van der Waals surface area contributed by atoms with Gasteiger partial charge in [-0.25, -0.2) is 0 Å². The van der Waals surface area contributed by atoms with Gasteiger partial charge in [-0.2, -0.15) is 0 Å². The van der Waals surface area contributed by atoms with Gasteiger partial charge < -0.3 is 18.3 Å². The minimum absolute atomic E-state index is 0.662. The lowest BCUT2D eigenvalue weighted by molar-refractivity contribution is 0.403. The van der Waals surface area contributed by atoms with Crippen LogP contribution < -0.4 is 9.47 Å². The van der Waals surface area contributed by atoms with Gasteiger partial charge in [0.1, 0.15) is 11.5 Å². The highest BCUT2D eigenvalue weighted by Gasteiger charge is 2.20. The molecular formula is C16H12Br2O4. The number of hydrogen-bond donors (Lipinski definition) is 0. The van der Waals surface area contributed by atoms with E-state index >= 15 is 0 Å². The lowest BCUT2D eigenvalue weighted by Crippen LogP contribution is -1.93. The van der Waals surface area contributed by atoms with Crippen molar-refractivity contribution in [2.24, 2.45) is 0 Å². The molecule has 22 heavy (non-hydrogen) atoms. The molecule has 0 saturated carbocycles. The zero-order chi connectivity index (χ0) is 15.7. The minimum Gasteiger partial charge on any atom is -0.496 e. The molecular weight excluding hydrogens is 416 g/mol. The Morgan fingerprint density at radius 3 is 1.45 bits per heavy atom. The smallest absolute Gasteiger partial charge is 0.151 e. The predicted octanol–water partition coefficient (Wildman–Crippen LogP) is 5.75. The fourth-order valence-corrected chi connectivity index (χ4v) is 3.05. The summed E-state index contributed by atoms with van der Waals surface area (Å²) in [6, 6.07) is 7.40. The van der Waals surface area contributed by atoms with Crippen molar-refractivity contribution in [3.63, 3.8) is 0 Å². The van der Waals surface area contributed by atoms with E-state index in [9.17, 15) is 0 Å². The number of rotatable bonds is 4. The standard InChI is InChI=1S/C16H12Br2O4/c1-19-13-7-10(16-12(18)4-6-22-16)14(20-2)8-9(13)15-11(17)3-5-21-15/h3-8H,1-2H3. The number of methoxy groups -OCH3 is 2. The lowest BCUT2D eigenvalue weighted by atomic mass is 10.0. The molecule has 0 aliphatic rings. The molecule has 2 heterocycles. The van der Waals surface area contributed by atoms with Gasteiger partial charge in [0, 0.05) is 0 Å². The fourth-order valence-electron chi connectivity index (χ4n) is 2.22. The second kappa shape index (κ2) is 6.22. The Morgan fingerprint density at radius 2 is 1.18 bits per heavy atom. The van der Waals surface area contributed by atoms with E-state index in [1.165, 1.54) is 0 Å². The van der Waals surface area contributed by atoms with Gasteiger partial charge in [-0.3, -0.25) is 0 Å². The highest BCUT2D eigenvalue weighted by Crippen LogP contribution is 2.44. The molecule has 0 spiro atoms. The SMILES string of the molecule is COc1cc(-c2occc2Br)c(OC)cc1-c1occc1Br. The first-order valence-electron chi connectivity index (χ1n) is 6.38. The Kier molecular flexibility index (Phi) is 4.31. The topological polar surface area (TPSA) is 44.7 Å². The fraction of sp³-hybridized carbons (Fsp3) is 0.125. The molecule has 0 fully saturated rings. The van der Waals surface area contributed by atoms with Crippen molar-refractivity contribution in [2.45, 2.75) is 0 Å². The maximum absolute atomic E-state index is 5.53. The van der Waals surface area contributed by atoms with Crippen molar-refractivity contribution in [2.75, 3.05) is 14.2 Å². The summed E-state index contributed by atoms with van der Waals surface area (Å²) in [6.07, 6.45) is 3.23. The van der Waals surface area contributed by atoms with E-state index < -0.39 is 0 Å². The molecule has 0 radical (unpaired) electrons. The second-order valence-electron chi connectivity index (χ2n) is 4.45. The molecule has 3 aromatic rings. The number of benzene rings is 1. The van der Waals surface area contributed by atoms with Crippen LogP contribution in [0.2, 0.25) is 0 Å². The van der Waals surface area contributed by atoms with E-state index in [0.29, 0.717) is 23.0 Å². The van der Waals surface area contributed by atoms with Gasteiger partial charge in [-0.05, 0) is 56.1 Å². The summed E-state index contributed by atoms with van der Waals surface area (Å²) >= 11 is 6.93. The third kappa shape index (κ3) is 2.57. The van der Waals surface area contributed by atoms with Crippen molar-refractivity contribution in [3.8, 4) is 34.1 Å². The van der Waals surface area contributed by atoms with Crippen LogP contribution in [0.15, 0.2) is 54.6 Å². The average molecular weight is 428 g/mol. The van der Waals surface area contributed by atoms with Crippen LogP contribution in [0, 0.1) is 0 Å². The highest BCUT2D eigenvalue weighted by atomic mass is 79.9. The number of hydrogen-bond acceptors (Lipinski definition) is 4. The van der Waals surface area contributed by atoms with Crippen molar-refractivity contribution in [1.82, 2.24) is 0 Å². The van der Waals surface area contributed by atoms with E-state index in [1.54, 1.807) is 26.7 Å². The van der Waals surface area contributed by atoms with Gasteiger partial charge >= 0.3 is 0 Å². The van der Waals surface area contributed by atoms with Gasteiger partial charge in [0.2, 0.25) is 0 Å². The van der Waals surface area contributed by atoms with Crippen LogP contribution in [0.25, 0.3) is 22.6 Å². The van der Waals surface area contributed by atoms with Gasteiger partial charge in [0.25, 0.3) is 0 Å². The maximum atomic E-state index is 5.53. The number of halogens is 2. The van der Waals surface area contributed by atoms with E-state index in [-0.39, 0.29) is 0 Å². The molecule has 0 N–H and O–H groups in total. The van der Waals surface area contributed by atoms with E-state index in [0.717, 1.165) is 20.1 Å². The highest BCUT2D eigenvalue weighted by molar-refractivity contribution is 9.11. The van der Waals surface area contributed by atoms with Crippen LogP contribution in [0.1, 0.15) is 0 Å². The number of ether oxygens (including phenoxy) is 2. The number of furan rings is 2. The summed E-state index contributed by atoms with van der Waals surface area (Å²) in [7, 11) is 3.23. The monoisotopic (exact) mass is 426 g/mol. The Labute approximate surface area is 144 Å². The van der Waals surface area contributed by atoms with E-state index in [4.69, 9.17) is 18.3 Å². The second-order valence-corrected chi connectivity index (χ2v) is 6.16. The molecule has 4 nitrogen and oxygen atoms in total. The van der Waals surface area contributed by atoms with Crippen molar-refractivity contribution < 1.29 is 18.3 Å². The van der Waals surface area contributed by atoms with Crippen LogP contribution in [0.4, 0.5) is 0 Å². The first-order chi connectivity index (χ1) is 10.7. The molecule has 0 bridgehead atoms.